The molecule has 0 bridgehead atoms. The van der Waals surface area contributed by atoms with Crippen LogP contribution in [0.4, 0.5) is 0 Å². The third kappa shape index (κ3) is 9.33. The summed E-state index contributed by atoms with van der Waals surface area (Å²) in [5, 5.41) is 5.68. The zero-order chi connectivity index (χ0) is 14.7. The van der Waals surface area contributed by atoms with Gasteiger partial charge < -0.3 is 16.8 Å². The van der Waals surface area contributed by atoms with Gasteiger partial charge in [0.25, 0.3) is 0 Å². The van der Waals surface area contributed by atoms with Crippen LogP contribution in [0.15, 0.2) is 24.3 Å². The molecule has 0 saturated carbocycles. The van der Waals surface area contributed by atoms with Crippen LogP contribution < -0.4 is 16.8 Å². The summed E-state index contributed by atoms with van der Waals surface area (Å²) >= 11 is 0. The summed E-state index contributed by atoms with van der Waals surface area (Å²) in [7, 11) is 0. The van der Waals surface area contributed by atoms with Gasteiger partial charge in [0, 0.05) is 25.1 Å². The fourth-order valence-corrected chi connectivity index (χ4v) is 1.52. The third-order valence-electron chi connectivity index (χ3n) is 2.58. The van der Waals surface area contributed by atoms with E-state index in [4.69, 9.17) is 0 Å². The maximum absolute atomic E-state index is 11.6. The lowest BCUT2D eigenvalue weighted by Crippen LogP contribution is -2.37. The zero-order valence-electron chi connectivity index (χ0n) is 13.1. The maximum Gasteiger partial charge on any atom is 0.243 e. The second kappa shape index (κ2) is 12.4. The second-order valence-corrected chi connectivity index (χ2v) is 4.45. The summed E-state index contributed by atoms with van der Waals surface area (Å²) in [6.07, 6.45) is 8.14. The maximum atomic E-state index is 11.6. The van der Waals surface area contributed by atoms with Crippen LogP contribution in [0.5, 0.6) is 0 Å². The first-order chi connectivity index (χ1) is 9.09. The molecule has 5 nitrogen and oxygen atoms in total. The Morgan fingerprint density at radius 3 is 2.45 bits per heavy atom. The lowest BCUT2D eigenvalue weighted by atomic mass is 10.0. The lowest BCUT2D eigenvalue weighted by Gasteiger charge is -2.18. The average Bonchev–Trinajstić information content (AvgIpc) is 2.39. The SMILES string of the molecule is CC.CC(C)[C@H]1/C=C/C(=O)NCC/C=C/CC(=O)N1.N. The van der Waals surface area contributed by atoms with Crippen LogP contribution in [0.25, 0.3) is 0 Å². The fraction of sp³-hybridized carbons (Fsp3) is 0.600. The van der Waals surface area contributed by atoms with E-state index >= 15 is 0 Å². The Balaban J connectivity index is 0. The van der Waals surface area contributed by atoms with E-state index in [2.05, 4.69) is 10.6 Å². The van der Waals surface area contributed by atoms with Gasteiger partial charge in [-0.1, -0.05) is 45.9 Å². The van der Waals surface area contributed by atoms with E-state index in [0.29, 0.717) is 13.0 Å². The third-order valence-corrected chi connectivity index (χ3v) is 2.58. The van der Waals surface area contributed by atoms with Crippen LogP contribution in [0, 0.1) is 5.92 Å². The van der Waals surface area contributed by atoms with Gasteiger partial charge in [0.1, 0.15) is 0 Å². The highest BCUT2D eigenvalue weighted by Crippen LogP contribution is 2.04. The monoisotopic (exact) mass is 283 g/mol. The lowest BCUT2D eigenvalue weighted by molar-refractivity contribution is -0.121. The van der Waals surface area contributed by atoms with Gasteiger partial charge in [-0.2, -0.15) is 0 Å². The minimum atomic E-state index is -0.112. The number of amides is 2. The van der Waals surface area contributed by atoms with Crippen molar-refractivity contribution < 1.29 is 9.59 Å². The summed E-state index contributed by atoms with van der Waals surface area (Å²) in [4.78, 5) is 23.0. The number of rotatable bonds is 1. The van der Waals surface area contributed by atoms with E-state index in [-0.39, 0.29) is 29.9 Å². The van der Waals surface area contributed by atoms with Crippen LogP contribution in [0.1, 0.15) is 40.5 Å². The molecule has 1 rings (SSSR count). The molecular weight excluding hydrogens is 254 g/mol. The predicted molar refractivity (Wildman–Crippen MR) is 83.7 cm³/mol. The summed E-state index contributed by atoms with van der Waals surface area (Å²) in [5.41, 5.74) is 0. The zero-order valence-corrected chi connectivity index (χ0v) is 13.1. The Kier molecular flexibility index (Phi) is 12.8. The highest BCUT2D eigenvalue weighted by atomic mass is 16.2. The molecule has 0 spiro atoms. The van der Waals surface area contributed by atoms with Gasteiger partial charge in [0.15, 0.2) is 0 Å². The summed E-state index contributed by atoms with van der Waals surface area (Å²) in [5.74, 6) is 0.138. The molecule has 1 atom stereocenters. The van der Waals surface area contributed by atoms with E-state index in [1.54, 1.807) is 6.08 Å². The summed E-state index contributed by atoms with van der Waals surface area (Å²) in [6.45, 7) is 8.62. The molecule has 0 aliphatic carbocycles. The Bertz CT molecular complexity index is 336. The van der Waals surface area contributed by atoms with Gasteiger partial charge >= 0.3 is 0 Å². The Hall–Kier alpha value is -1.62. The molecule has 0 radical (unpaired) electrons. The van der Waals surface area contributed by atoms with E-state index in [1.807, 2.05) is 39.8 Å². The Morgan fingerprint density at radius 2 is 1.85 bits per heavy atom. The quantitative estimate of drug-likeness (QED) is 0.645. The first-order valence-corrected chi connectivity index (χ1v) is 7.00. The van der Waals surface area contributed by atoms with Crippen LogP contribution in [-0.2, 0) is 9.59 Å². The van der Waals surface area contributed by atoms with Gasteiger partial charge in [-0.3, -0.25) is 9.59 Å². The van der Waals surface area contributed by atoms with Crippen molar-refractivity contribution >= 4 is 11.8 Å². The molecule has 1 heterocycles. The van der Waals surface area contributed by atoms with Crippen LogP contribution >= 0.6 is 0 Å². The molecule has 1 aliphatic rings. The van der Waals surface area contributed by atoms with Crippen molar-refractivity contribution in [3.8, 4) is 0 Å². The highest BCUT2D eigenvalue weighted by Gasteiger charge is 2.13. The number of carbonyl (C=O) groups is 2. The molecule has 1 aliphatic heterocycles. The number of hydrogen-bond donors (Lipinski definition) is 3. The molecule has 0 aromatic heterocycles. The first-order valence-electron chi connectivity index (χ1n) is 7.00. The van der Waals surface area contributed by atoms with Crippen molar-refractivity contribution in [2.24, 2.45) is 5.92 Å². The average molecular weight is 283 g/mol. The van der Waals surface area contributed by atoms with Crippen molar-refractivity contribution in [1.29, 1.82) is 0 Å². The molecular formula is C15H29N3O2. The van der Waals surface area contributed by atoms with E-state index in [9.17, 15) is 9.59 Å². The standard InChI is InChI=1S/C13H20N2O2.C2H6.H3N/c1-10(2)11-7-8-12(16)14-9-5-3-4-6-13(17)15-11;1-2;/h3-4,7-8,10-11H,5-6,9H2,1-2H3,(H,14,16)(H,15,17);1-2H3;1H3/b4-3+,8-7+;;/t11-;;/m1../s1. The van der Waals surface area contributed by atoms with Crippen LogP contribution in [-0.4, -0.2) is 24.4 Å². The number of nitrogens with one attached hydrogen (secondary N) is 2. The van der Waals surface area contributed by atoms with Crippen LogP contribution in [0.3, 0.4) is 0 Å². The van der Waals surface area contributed by atoms with Crippen molar-refractivity contribution in [1.82, 2.24) is 16.8 Å². The number of carbonyl (C=O) groups excluding carboxylic acids is 2. The van der Waals surface area contributed by atoms with Gasteiger partial charge in [-0.25, -0.2) is 0 Å². The Morgan fingerprint density at radius 1 is 1.20 bits per heavy atom. The topological polar surface area (TPSA) is 93.2 Å². The molecule has 5 heteroatoms. The normalized spacial score (nSPS) is 22.8. The van der Waals surface area contributed by atoms with Gasteiger partial charge in [-0.05, 0) is 12.3 Å². The van der Waals surface area contributed by atoms with E-state index in [1.165, 1.54) is 6.08 Å². The van der Waals surface area contributed by atoms with Crippen LogP contribution in [0.2, 0.25) is 0 Å². The fourth-order valence-electron chi connectivity index (χ4n) is 1.52. The molecule has 0 unspecified atom stereocenters. The van der Waals surface area contributed by atoms with E-state index < -0.39 is 0 Å². The minimum Gasteiger partial charge on any atom is -0.352 e. The van der Waals surface area contributed by atoms with Crippen molar-refractivity contribution in [2.45, 2.75) is 46.6 Å². The molecule has 0 aromatic rings. The van der Waals surface area contributed by atoms with Gasteiger partial charge in [0.2, 0.25) is 11.8 Å². The second-order valence-electron chi connectivity index (χ2n) is 4.45. The van der Waals surface area contributed by atoms with Gasteiger partial charge in [-0.15, -0.1) is 0 Å². The number of hydrogen-bond acceptors (Lipinski definition) is 3. The van der Waals surface area contributed by atoms with Crippen molar-refractivity contribution in [3.63, 3.8) is 0 Å². The Labute approximate surface area is 122 Å². The minimum absolute atomic E-state index is 0. The smallest absolute Gasteiger partial charge is 0.243 e. The molecule has 116 valence electrons. The van der Waals surface area contributed by atoms with Crippen molar-refractivity contribution in [2.75, 3.05) is 6.54 Å². The largest absolute Gasteiger partial charge is 0.352 e. The summed E-state index contributed by atoms with van der Waals surface area (Å²) < 4.78 is 0. The molecule has 20 heavy (non-hydrogen) atoms. The highest BCUT2D eigenvalue weighted by molar-refractivity contribution is 5.87. The summed E-state index contributed by atoms with van der Waals surface area (Å²) in [6, 6.07) is -0.0962. The molecule has 5 N–H and O–H groups in total. The molecule has 0 saturated heterocycles. The first kappa shape index (κ1) is 20.7. The van der Waals surface area contributed by atoms with Gasteiger partial charge in [0.05, 0.1) is 0 Å². The molecule has 2 amide bonds. The molecule has 0 fully saturated rings. The molecule has 0 aromatic carbocycles. The van der Waals surface area contributed by atoms with E-state index in [0.717, 1.165) is 6.42 Å². The predicted octanol–water partition coefficient (Wildman–Crippen LogP) is 2.34. The van der Waals surface area contributed by atoms with Crippen molar-refractivity contribution in [3.05, 3.63) is 24.3 Å².